The summed E-state index contributed by atoms with van der Waals surface area (Å²) >= 11 is 0. The highest BCUT2D eigenvalue weighted by molar-refractivity contribution is 5.45. The molecule has 0 bridgehead atoms. The zero-order valence-electron chi connectivity index (χ0n) is 9.75. The highest BCUT2D eigenvalue weighted by Gasteiger charge is 2.51. The summed E-state index contributed by atoms with van der Waals surface area (Å²) in [6, 6.07) is 3.76. The average Bonchev–Trinajstić information content (AvgIpc) is 2.51. The Kier molecular flexibility index (Phi) is 3.14. The highest BCUT2D eigenvalue weighted by Crippen LogP contribution is 2.41. The van der Waals surface area contributed by atoms with E-state index in [-0.39, 0.29) is 11.3 Å². The minimum atomic E-state index is -4.74. The van der Waals surface area contributed by atoms with Crippen LogP contribution in [-0.4, -0.2) is 24.5 Å². The van der Waals surface area contributed by atoms with Crippen molar-refractivity contribution in [2.75, 3.05) is 13.2 Å². The lowest BCUT2D eigenvalue weighted by atomic mass is 9.95. The predicted molar refractivity (Wildman–Crippen MR) is 57.7 cm³/mol. The van der Waals surface area contributed by atoms with Crippen molar-refractivity contribution in [1.29, 1.82) is 0 Å². The van der Waals surface area contributed by atoms with Crippen molar-refractivity contribution in [1.82, 2.24) is 0 Å². The maximum atomic E-state index is 12.7. The standard InChI is InChI=1S/C12H13F3O3/c1-11(16,12(13,14)15)8-3-4-9-10(7-8)18-6-2-5-17-9/h3-4,7,16H,2,5-6H2,1H3. The van der Waals surface area contributed by atoms with Crippen LogP contribution in [0.25, 0.3) is 0 Å². The number of ether oxygens (including phenoxy) is 2. The van der Waals surface area contributed by atoms with Gasteiger partial charge in [-0.25, -0.2) is 0 Å². The second kappa shape index (κ2) is 4.35. The van der Waals surface area contributed by atoms with E-state index in [1.165, 1.54) is 18.2 Å². The van der Waals surface area contributed by atoms with E-state index in [1.54, 1.807) is 0 Å². The van der Waals surface area contributed by atoms with Gasteiger partial charge in [-0.1, -0.05) is 6.07 Å². The van der Waals surface area contributed by atoms with E-state index >= 15 is 0 Å². The molecule has 1 aliphatic heterocycles. The SMILES string of the molecule is CC(O)(c1ccc2c(c1)OCCCO2)C(F)(F)F. The monoisotopic (exact) mass is 262 g/mol. The van der Waals surface area contributed by atoms with Gasteiger partial charge < -0.3 is 14.6 Å². The molecule has 100 valence electrons. The maximum absolute atomic E-state index is 12.7. The zero-order chi connectivity index (χ0) is 13.4. The van der Waals surface area contributed by atoms with Gasteiger partial charge in [0.25, 0.3) is 0 Å². The molecule has 0 fully saturated rings. The van der Waals surface area contributed by atoms with Gasteiger partial charge in [0.2, 0.25) is 0 Å². The van der Waals surface area contributed by atoms with Crippen molar-refractivity contribution in [2.45, 2.75) is 25.1 Å². The molecule has 2 rings (SSSR count). The van der Waals surface area contributed by atoms with Crippen LogP contribution < -0.4 is 9.47 Å². The van der Waals surface area contributed by atoms with Crippen LogP contribution >= 0.6 is 0 Å². The largest absolute Gasteiger partial charge is 0.490 e. The first-order valence-electron chi connectivity index (χ1n) is 5.51. The van der Waals surface area contributed by atoms with E-state index in [1.807, 2.05) is 0 Å². The van der Waals surface area contributed by atoms with Crippen LogP contribution in [0.3, 0.4) is 0 Å². The molecule has 1 atom stereocenters. The van der Waals surface area contributed by atoms with Gasteiger partial charge >= 0.3 is 6.18 Å². The smallest absolute Gasteiger partial charge is 0.421 e. The van der Waals surface area contributed by atoms with Crippen LogP contribution in [0.1, 0.15) is 18.9 Å². The molecule has 3 nitrogen and oxygen atoms in total. The summed E-state index contributed by atoms with van der Waals surface area (Å²) in [7, 11) is 0. The number of rotatable bonds is 1. The normalized spacial score (nSPS) is 18.9. The summed E-state index contributed by atoms with van der Waals surface area (Å²) in [5.74, 6) is 0.628. The van der Waals surface area contributed by atoms with Gasteiger partial charge in [0.05, 0.1) is 13.2 Å². The minimum absolute atomic E-state index is 0.231. The topological polar surface area (TPSA) is 38.7 Å². The van der Waals surface area contributed by atoms with Gasteiger partial charge in [-0.15, -0.1) is 0 Å². The number of aliphatic hydroxyl groups is 1. The second-order valence-electron chi connectivity index (χ2n) is 4.28. The predicted octanol–water partition coefficient (Wildman–Crippen LogP) is 2.62. The van der Waals surface area contributed by atoms with Crippen molar-refractivity contribution >= 4 is 0 Å². The third-order valence-corrected chi connectivity index (χ3v) is 2.86. The van der Waals surface area contributed by atoms with Gasteiger partial charge in [0.1, 0.15) is 0 Å². The minimum Gasteiger partial charge on any atom is -0.490 e. The first-order valence-corrected chi connectivity index (χ1v) is 5.51. The Bertz CT molecular complexity index is 441. The van der Waals surface area contributed by atoms with Crippen molar-refractivity contribution < 1.29 is 27.8 Å². The van der Waals surface area contributed by atoms with Crippen LogP contribution in [0, 0.1) is 0 Å². The van der Waals surface area contributed by atoms with Crippen molar-refractivity contribution in [3.05, 3.63) is 23.8 Å². The molecule has 0 saturated carbocycles. The lowest BCUT2D eigenvalue weighted by Gasteiger charge is -2.27. The lowest BCUT2D eigenvalue weighted by molar-refractivity contribution is -0.258. The van der Waals surface area contributed by atoms with Crippen LogP contribution in [-0.2, 0) is 5.60 Å². The van der Waals surface area contributed by atoms with Crippen molar-refractivity contribution in [2.24, 2.45) is 0 Å². The van der Waals surface area contributed by atoms with Crippen molar-refractivity contribution in [3.63, 3.8) is 0 Å². The maximum Gasteiger partial charge on any atom is 0.421 e. The number of hydrogen-bond donors (Lipinski definition) is 1. The molecule has 1 N–H and O–H groups in total. The molecule has 0 spiro atoms. The average molecular weight is 262 g/mol. The van der Waals surface area contributed by atoms with E-state index in [0.717, 1.165) is 0 Å². The third-order valence-electron chi connectivity index (χ3n) is 2.86. The number of alkyl halides is 3. The molecule has 0 amide bonds. The Labute approximate surface area is 102 Å². The molecule has 0 aromatic heterocycles. The van der Waals surface area contributed by atoms with E-state index in [0.29, 0.717) is 32.3 Å². The van der Waals surface area contributed by atoms with Gasteiger partial charge in [0.15, 0.2) is 17.1 Å². The zero-order valence-corrected chi connectivity index (χ0v) is 9.75. The van der Waals surface area contributed by atoms with E-state index in [9.17, 15) is 18.3 Å². The molecule has 1 unspecified atom stereocenters. The molecule has 0 radical (unpaired) electrons. The Balaban J connectivity index is 2.39. The summed E-state index contributed by atoms with van der Waals surface area (Å²) in [6.45, 7) is 1.55. The van der Waals surface area contributed by atoms with Gasteiger partial charge in [0, 0.05) is 6.42 Å². The fourth-order valence-electron chi connectivity index (χ4n) is 1.63. The van der Waals surface area contributed by atoms with Gasteiger partial charge in [-0.05, 0) is 24.6 Å². The molecule has 1 heterocycles. The molecule has 1 aromatic carbocycles. The molecular formula is C12H13F3O3. The van der Waals surface area contributed by atoms with E-state index in [2.05, 4.69) is 0 Å². The fourth-order valence-corrected chi connectivity index (χ4v) is 1.63. The number of fused-ring (bicyclic) bond motifs is 1. The number of benzene rings is 1. The molecule has 6 heteroatoms. The van der Waals surface area contributed by atoms with Crippen LogP contribution in [0.5, 0.6) is 11.5 Å². The summed E-state index contributed by atoms with van der Waals surface area (Å²) in [6.07, 6.45) is -4.08. The molecule has 0 aliphatic carbocycles. The first-order chi connectivity index (χ1) is 8.32. The summed E-state index contributed by atoms with van der Waals surface area (Å²) in [5, 5.41) is 9.57. The van der Waals surface area contributed by atoms with E-state index in [4.69, 9.17) is 9.47 Å². The number of halogens is 3. The summed E-state index contributed by atoms with van der Waals surface area (Å²) in [5.41, 5.74) is -3.17. The fraction of sp³-hybridized carbons (Fsp3) is 0.500. The lowest BCUT2D eigenvalue weighted by Crippen LogP contribution is -2.39. The Morgan fingerprint density at radius 1 is 1.11 bits per heavy atom. The quantitative estimate of drug-likeness (QED) is 0.845. The molecule has 18 heavy (non-hydrogen) atoms. The molecular weight excluding hydrogens is 249 g/mol. The first kappa shape index (κ1) is 13.0. The van der Waals surface area contributed by atoms with Crippen LogP contribution in [0.15, 0.2) is 18.2 Å². The van der Waals surface area contributed by atoms with Gasteiger partial charge in [-0.2, -0.15) is 13.2 Å². The number of hydrogen-bond acceptors (Lipinski definition) is 3. The second-order valence-corrected chi connectivity index (χ2v) is 4.28. The van der Waals surface area contributed by atoms with Gasteiger partial charge in [-0.3, -0.25) is 0 Å². The molecule has 1 aromatic rings. The summed E-state index contributed by atoms with van der Waals surface area (Å²) < 4.78 is 48.7. The van der Waals surface area contributed by atoms with Crippen LogP contribution in [0.2, 0.25) is 0 Å². The molecule has 0 saturated heterocycles. The van der Waals surface area contributed by atoms with E-state index < -0.39 is 11.8 Å². The van der Waals surface area contributed by atoms with Crippen molar-refractivity contribution in [3.8, 4) is 11.5 Å². The third kappa shape index (κ3) is 2.25. The Hall–Kier alpha value is -1.43. The molecule has 1 aliphatic rings. The highest BCUT2D eigenvalue weighted by atomic mass is 19.4. The van der Waals surface area contributed by atoms with Crippen LogP contribution in [0.4, 0.5) is 13.2 Å². The summed E-state index contributed by atoms with van der Waals surface area (Å²) in [4.78, 5) is 0. The Morgan fingerprint density at radius 2 is 1.72 bits per heavy atom. The Morgan fingerprint density at radius 3 is 2.33 bits per heavy atom.